The summed E-state index contributed by atoms with van der Waals surface area (Å²) in [7, 11) is 1.21. The van der Waals surface area contributed by atoms with Crippen molar-refractivity contribution in [3.05, 3.63) is 22.5 Å². The van der Waals surface area contributed by atoms with Crippen molar-refractivity contribution in [3.8, 4) is 0 Å². The van der Waals surface area contributed by atoms with E-state index in [1.807, 2.05) is 0 Å². The summed E-state index contributed by atoms with van der Waals surface area (Å²) in [6.45, 7) is 1.05. The van der Waals surface area contributed by atoms with E-state index in [2.05, 4.69) is 9.72 Å². The van der Waals surface area contributed by atoms with Gasteiger partial charge in [-0.05, 0) is 6.07 Å². The third kappa shape index (κ3) is 2.41. The van der Waals surface area contributed by atoms with Crippen molar-refractivity contribution in [2.75, 3.05) is 19.5 Å². The number of aromatic nitrogens is 1. The number of carbonyl (C=O) groups excluding carboxylic acids is 1. The Labute approximate surface area is 97.6 Å². The molecule has 0 amide bonds. The number of esters is 1. The van der Waals surface area contributed by atoms with Crippen LogP contribution in [-0.2, 0) is 4.74 Å². The van der Waals surface area contributed by atoms with E-state index in [0.717, 1.165) is 0 Å². The quantitative estimate of drug-likeness (QED) is 0.831. The van der Waals surface area contributed by atoms with Crippen LogP contribution in [0.5, 0.6) is 0 Å². The molecule has 88 valence electrons. The highest BCUT2D eigenvalue weighted by molar-refractivity contribution is 6.35. The summed E-state index contributed by atoms with van der Waals surface area (Å²) >= 11 is 5.80. The topological polar surface area (TPSA) is 65.2 Å². The van der Waals surface area contributed by atoms with Gasteiger partial charge in [0.2, 0.25) is 0 Å². The van der Waals surface area contributed by atoms with Crippen LogP contribution in [0.4, 0.5) is 10.1 Å². The zero-order valence-electron chi connectivity index (χ0n) is 8.96. The minimum atomic E-state index is -0.690. The monoisotopic (exact) mass is 246 g/mol. The third-order valence-electron chi connectivity index (χ3n) is 2.12. The van der Waals surface area contributed by atoms with Gasteiger partial charge in [-0.15, -0.1) is 0 Å². The second kappa shape index (κ2) is 5.12. The molecule has 1 rings (SSSR count). The number of anilines is 1. The van der Waals surface area contributed by atoms with E-state index in [9.17, 15) is 9.18 Å². The first kappa shape index (κ1) is 12.7. The summed E-state index contributed by atoms with van der Waals surface area (Å²) in [6.07, 6.45) is 0. The molecule has 6 heteroatoms. The van der Waals surface area contributed by atoms with E-state index in [-0.39, 0.29) is 16.4 Å². The fraction of sp³-hybridized carbons (Fsp3) is 0.400. The van der Waals surface area contributed by atoms with E-state index in [1.54, 1.807) is 6.92 Å². The Hall–Kier alpha value is -1.36. The van der Waals surface area contributed by atoms with Crippen LogP contribution in [0.15, 0.2) is 6.07 Å². The first-order chi connectivity index (χ1) is 7.51. The molecule has 1 aromatic rings. The average molecular weight is 247 g/mol. The van der Waals surface area contributed by atoms with Gasteiger partial charge >= 0.3 is 5.97 Å². The van der Waals surface area contributed by atoms with Crippen molar-refractivity contribution in [2.24, 2.45) is 0 Å². The number of nitrogens with zero attached hydrogens (tertiary/aromatic N) is 1. The zero-order valence-corrected chi connectivity index (χ0v) is 9.71. The number of pyridine rings is 1. The molecule has 16 heavy (non-hydrogen) atoms. The van der Waals surface area contributed by atoms with Crippen LogP contribution >= 0.6 is 11.6 Å². The van der Waals surface area contributed by atoms with Crippen LogP contribution in [-0.4, -0.2) is 24.7 Å². The number of nitrogens with two attached hydrogens (primary N) is 1. The summed E-state index contributed by atoms with van der Waals surface area (Å²) in [4.78, 5) is 15.3. The number of alkyl halides is 1. The molecule has 1 heterocycles. The molecule has 0 spiro atoms. The maximum Gasteiger partial charge on any atom is 0.358 e. The number of rotatable bonds is 3. The predicted octanol–water partition coefficient (Wildman–Crippen LogP) is 2.18. The maximum absolute atomic E-state index is 12.5. The number of hydrogen-bond acceptors (Lipinski definition) is 4. The fourth-order valence-electron chi connectivity index (χ4n) is 1.13. The highest BCUT2D eigenvalue weighted by atomic mass is 35.5. The number of ether oxygens (including phenoxy) is 1. The van der Waals surface area contributed by atoms with Crippen molar-refractivity contribution < 1.29 is 13.9 Å². The molecule has 0 aliphatic heterocycles. The van der Waals surface area contributed by atoms with Gasteiger partial charge in [-0.25, -0.2) is 9.78 Å². The summed E-state index contributed by atoms with van der Waals surface area (Å²) < 4.78 is 17.0. The second-order valence-corrected chi connectivity index (χ2v) is 3.72. The first-order valence-corrected chi connectivity index (χ1v) is 4.99. The molecule has 1 atom stereocenters. The Morgan fingerprint density at radius 1 is 1.75 bits per heavy atom. The van der Waals surface area contributed by atoms with Gasteiger partial charge in [-0.2, -0.15) is 0 Å². The Morgan fingerprint density at radius 3 is 2.88 bits per heavy atom. The van der Waals surface area contributed by atoms with Crippen LogP contribution in [0.3, 0.4) is 0 Å². The third-order valence-corrected chi connectivity index (χ3v) is 2.52. The lowest BCUT2D eigenvalue weighted by Crippen LogP contribution is -2.11. The van der Waals surface area contributed by atoms with E-state index >= 15 is 0 Å². The van der Waals surface area contributed by atoms with E-state index in [1.165, 1.54) is 13.2 Å². The Bertz CT molecular complexity index is 412. The molecule has 1 unspecified atom stereocenters. The van der Waals surface area contributed by atoms with E-state index in [0.29, 0.717) is 5.69 Å². The molecule has 0 radical (unpaired) electrons. The van der Waals surface area contributed by atoms with Crippen molar-refractivity contribution in [1.29, 1.82) is 0 Å². The van der Waals surface area contributed by atoms with Crippen molar-refractivity contribution in [3.63, 3.8) is 0 Å². The molecule has 4 nitrogen and oxygen atoms in total. The molecule has 2 N–H and O–H groups in total. The van der Waals surface area contributed by atoms with Gasteiger partial charge in [-0.3, -0.25) is 4.39 Å². The van der Waals surface area contributed by atoms with Crippen LogP contribution in [0, 0.1) is 0 Å². The van der Waals surface area contributed by atoms with Gasteiger partial charge in [0.05, 0.1) is 24.5 Å². The lowest BCUT2D eigenvalue weighted by atomic mass is 10.1. The van der Waals surface area contributed by atoms with Crippen LogP contribution in [0.2, 0.25) is 5.02 Å². The van der Waals surface area contributed by atoms with Crippen LogP contribution < -0.4 is 5.73 Å². The summed E-state index contributed by atoms with van der Waals surface area (Å²) in [6, 6.07) is 1.46. The van der Waals surface area contributed by atoms with E-state index < -0.39 is 18.6 Å². The van der Waals surface area contributed by atoms with Crippen LogP contribution in [0.1, 0.15) is 29.0 Å². The molecular weight excluding hydrogens is 235 g/mol. The number of halogens is 2. The number of nitrogen functional groups attached to an aromatic ring is 1. The number of hydrogen-bond donors (Lipinski definition) is 1. The minimum absolute atomic E-state index is 0.0293. The minimum Gasteiger partial charge on any atom is -0.464 e. The van der Waals surface area contributed by atoms with Gasteiger partial charge in [0.15, 0.2) is 5.69 Å². The summed E-state index contributed by atoms with van der Waals surface area (Å²) in [5.74, 6) is -1.13. The molecule has 0 fully saturated rings. The van der Waals surface area contributed by atoms with Crippen LogP contribution in [0.25, 0.3) is 0 Å². The Morgan fingerprint density at radius 2 is 2.38 bits per heavy atom. The van der Waals surface area contributed by atoms with E-state index in [4.69, 9.17) is 17.3 Å². The predicted molar refractivity (Wildman–Crippen MR) is 59.4 cm³/mol. The highest BCUT2D eigenvalue weighted by Gasteiger charge is 2.18. The number of methoxy groups -OCH3 is 1. The largest absolute Gasteiger partial charge is 0.464 e. The smallest absolute Gasteiger partial charge is 0.358 e. The van der Waals surface area contributed by atoms with Gasteiger partial charge in [0.1, 0.15) is 0 Å². The average Bonchev–Trinajstić information content (AvgIpc) is 2.30. The lowest BCUT2D eigenvalue weighted by molar-refractivity contribution is 0.0594. The first-order valence-electron chi connectivity index (χ1n) is 4.61. The molecular formula is C10H12ClFN2O2. The molecule has 0 saturated heterocycles. The van der Waals surface area contributed by atoms with Crippen molar-refractivity contribution in [2.45, 2.75) is 12.8 Å². The molecule has 0 aliphatic rings. The Kier molecular flexibility index (Phi) is 4.06. The molecule has 0 saturated carbocycles. The molecule has 0 bridgehead atoms. The standard InChI is InChI=1S/C10H12ClFN2O2/c1-5(4-12)7-3-6(13)8(11)9(14-7)10(15)16-2/h3,5H,4H2,1-2H3,(H2,13,14). The SMILES string of the molecule is COC(=O)c1nc(C(C)CF)cc(N)c1Cl. The maximum atomic E-state index is 12.5. The lowest BCUT2D eigenvalue weighted by Gasteiger charge is -2.11. The van der Waals surface area contributed by atoms with Crippen molar-refractivity contribution >= 4 is 23.3 Å². The summed E-state index contributed by atoms with van der Waals surface area (Å²) in [5, 5.41) is 0.0293. The molecule has 1 aromatic heterocycles. The molecule has 0 aromatic carbocycles. The van der Waals surface area contributed by atoms with Gasteiger partial charge in [-0.1, -0.05) is 18.5 Å². The fourth-order valence-corrected chi connectivity index (χ4v) is 1.31. The van der Waals surface area contributed by atoms with Gasteiger partial charge in [0.25, 0.3) is 0 Å². The number of carbonyl (C=O) groups is 1. The van der Waals surface area contributed by atoms with Gasteiger partial charge < -0.3 is 10.5 Å². The summed E-state index contributed by atoms with van der Waals surface area (Å²) in [5.41, 5.74) is 6.09. The van der Waals surface area contributed by atoms with Crippen molar-refractivity contribution in [1.82, 2.24) is 4.98 Å². The zero-order chi connectivity index (χ0) is 12.3. The highest BCUT2D eigenvalue weighted by Crippen LogP contribution is 2.26. The molecule has 0 aliphatic carbocycles. The van der Waals surface area contributed by atoms with Gasteiger partial charge in [0, 0.05) is 11.6 Å². The Balaban J connectivity index is 3.27. The normalized spacial score (nSPS) is 12.2. The second-order valence-electron chi connectivity index (χ2n) is 3.35.